The first kappa shape index (κ1) is 35.7. The van der Waals surface area contributed by atoms with Gasteiger partial charge in [-0.25, -0.2) is 0 Å². The van der Waals surface area contributed by atoms with Gasteiger partial charge in [0.2, 0.25) is 0 Å². The van der Waals surface area contributed by atoms with Crippen molar-refractivity contribution < 1.29 is 18.5 Å². The van der Waals surface area contributed by atoms with Gasteiger partial charge in [0.15, 0.2) is 0 Å². The topological polar surface area (TPSA) is 161 Å². The number of nitrogens with zero attached hydrogens (tertiary/aromatic N) is 6. The first-order valence-electron chi connectivity index (χ1n) is 20.2. The Hall–Kier alpha value is -8.19. The van der Waals surface area contributed by atoms with E-state index in [-0.39, 0.29) is 0 Å². The van der Waals surface area contributed by atoms with Gasteiger partial charge in [-0.1, -0.05) is 28.5 Å². The zero-order valence-corrected chi connectivity index (χ0v) is 34.6. The molecule has 4 aromatic carbocycles. The van der Waals surface area contributed by atoms with Crippen molar-refractivity contribution in [1.29, 1.82) is 0 Å². The van der Waals surface area contributed by atoms with E-state index in [1.807, 2.05) is 64.5 Å². The van der Waals surface area contributed by atoms with Crippen LogP contribution in [0.1, 0.15) is 22.9 Å². The van der Waals surface area contributed by atoms with Gasteiger partial charge in [0.25, 0.3) is 0 Å². The van der Waals surface area contributed by atoms with E-state index in [1.165, 1.54) is 0 Å². The van der Waals surface area contributed by atoms with Crippen LogP contribution in [0.2, 0.25) is 0 Å². The average Bonchev–Trinajstić information content (AvgIpc) is 4.15. The van der Waals surface area contributed by atoms with E-state index in [2.05, 4.69) is 95.7 Å². The monoisotopic (exact) mass is 815 g/mol. The Morgan fingerprint density at radius 3 is 2.05 bits per heavy atom. The lowest BCUT2D eigenvalue weighted by Crippen LogP contribution is -1.96. The minimum absolute atomic E-state index is 0.708. The predicted octanol–water partition coefficient (Wildman–Crippen LogP) is 11.5. The number of aryl methyl sites for hydroxylation is 4. The van der Waals surface area contributed by atoms with Crippen molar-refractivity contribution in [2.45, 2.75) is 27.7 Å². The fourth-order valence-electron chi connectivity index (χ4n) is 9.57. The number of methoxy groups -OCH3 is 2. The number of aromatic nitrogens is 9. The third-order valence-corrected chi connectivity index (χ3v) is 12.3. The van der Waals surface area contributed by atoms with Crippen molar-refractivity contribution in [2.75, 3.05) is 14.2 Å². The third-order valence-electron chi connectivity index (χ3n) is 12.3. The summed E-state index contributed by atoms with van der Waals surface area (Å²) in [6.07, 6.45) is 5.58. The molecule has 0 unspecified atom stereocenters. The van der Waals surface area contributed by atoms with Crippen LogP contribution in [0, 0.1) is 27.7 Å². The highest BCUT2D eigenvalue weighted by Crippen LogP contribution is 2.46. The molecule has 13 nitrogen and oxygen atoms in total. The maximum atomic E-state index is 6.11. The summed E-state index contributed by atoms with van der Waals surface area (Å²) in [6, 6.07) is 27.3. The van der Waals surface area contributed by atoms with Crippen LogP contribution in [0.4, 0.5) is 0 Å². The van der Waals surface area contributed by atoms with Gasteiger partial charge >= 0.3 is 0 Å². The van der Waals surface area contributed by atoms with Gasteiger partial charge in [-0.2, -0.15) is 5.10 Å². The van der Waals surface area contributed by atoms with Crippen LogP contribution in [0.25, 0.3) is 116 Å². The maximum absolute atomic E-state index is 6.11. The summed E-state index contributed by atoms with van der Waals surface area (Å²) < 4.78 is 25.5. The number of H-pyrrole nitrogens is 3. The molecular formula is C49H37N9O4. The van der Waals surface area contributed by atoms with Crippen LogP contribution in [-0.4, -0.2) is 59.2 Å². The van der Waals surface area contributed by atoms with E-state index in [0.717, 1.165) is 139 Å². The highest BCUT2D eigenvalue weighted by Gasteiger charge is 2.25. The number of rotatable bonds is 7. The number of fused-ring (bicyclic) bond motifs is 8. The first-order chi connectivity index (χ1) is 30.3. The zero-order chi connectivity index (χ0) is 42.0. The molecule has 0 amide bonds. The minimum atomic E-state index is 0.708. The molecule has 13 heteroatoms. The molecule has 0 spiro atoms. The van der Waals surface area contributed by atoms with Crippen LogP contribution in [-0.2, 0) is 0 Å². The summed E-state index contributed by atoms with van der Waals surface area (Å²) in [6.45, 7) is 7.74. The van der Waals surface area contributed by atoms with E-state index in [0.29, 0.717) is 11.5 Å². The van der Waals surface area contributed by atoms with E-state index in [9.17, 15) is 0 Å². The second kappa shape index (κ2) is 13.2. The minimum Gasteiger partial charge on any atom is -0.496 e. The summed E-state index contributed by atoms with van der Waals surface area (Å²) >= 11 is 0. The smallest absolute Gasteiger partial charge is 0.141 e. The van der Waals surface area contributed by atoms with Gasteiger partial charge in [-0.3, -0.25) is 19.6 Å². The molecule has 0 aliphatic carbocycles. The fraction of sp³-hybridized carbons (Fsp3) is 0.122. The molecule has 12 aromatic rings. The predicted molar refractivity (Wildman–Crippen MR) is 241 cm³/mol. The lowest BCUT2D eigenvalue weighted by molar-refractivity contribution is 0.393. The van der Waals surface area contributed by atoms with Gasteiger partial charge in [-0.05, 0) is 88.4 Å². The zero-order valence-electron chi connectivity index (χ0n) is 34.6. The van der Waals surface area contributed by atoms with Crippen molar-refractivity contribution in [3.63, 3.8) is 0 Å². The van der Waals surface area contributed by atoms with Gasteiger partial charge in [0.1, 0.15) is 28.8 Å². The SMILES string of the molecule is COc1cc2c(cc1-c1c(C)noc1C)[nH]c1ccnc(-c3ccc4[nH]c(-n5c6cc(-c7c(C)noc7C)c(OC)cc6c6c(-c7cccc8[nH]ncc78)nccc65)cc4c3)c12. The molecule has 8 aromatic heterocycles. The molecule has 8 heterocycles. The summed E-state index contributed by atoms with van der Waals surface area (Å²) in [7, 11) is 3.39. The van der Waals surface area contributed by atoms with Crippen molar-refractivity contribution in [1.82, 2.24) is 45.0 Å². The second-order valence-electron chi connectivity index (χ2n) is 15.8. The molecule has 0 radical (unpaired) electrons. The number of nitrogens with one attached hydrogen (secondary N) is 3. The average molecular weight is 816 g/mol. The molecule has 0 saturated heterocycles. The third kappa shape index (κ3) is 5.05. The first-order valence-corrected chi connectivity index (χ1v) is 20.2. The van der Waals surface area contributed by atoms with E-state index in [1.54, 1.807) is 14.2 Å². The Labute approximate surface area is 352 Å². The summed E-state index contributed by atoms with van der Waals surface area (Å²) in [5.74, 6) is 3.78. The lowest BCUT2D eigenvalue weighted by Gasteiger charge is -2.11. The molecule has 302 valence electrons. The van der Waals surface area contributed by atoms with Crippen molar-refractivity contribution in [2.24, 2.45) is 0 Å². The van der Waals surface area contributed by atoms with Gasteiger partial charge in [0, 0.05) is 78.0 Å². The molecule has 0 fully saturated rings. The highest BCUT2D eigenvalue weighted by atomic mass is 16.5. The summed E-state index contributed by atoms with van der Waals surface area (Å²) in [5.41, 5.74) is 14.7. The Kier molecular flexibility index (Phi) is 7.58. The van der Waals surface area contributed by atoms with E-state index in [4.69, 9.17) is 28.5 Å². The molecule has 0 bridgehead atoms. The van der Waals surface area contributed by atoms with Crippen LogP contribution < -0.4 is 9.47 Å². The van der Waals surface area contributed by atoms with Crippen molar-refractivity contribution in [3.05, 3.63) is 120 Å². The molecule has 0 atom stereocenters. The Bertz CT molecular complexity index is 3760. The van der Waals surface area contributed by atoms with Crippen molar-refractivity contribution in [3.8, 4) is 62.1 Å². The molecule has 0 saturated carbocycles. The number of ether oxygens (including phenoxy) is 2. The standard InChI is InChI=1S/C49H37N9O4/c1-23-44(25(3)61-56-23)32-18-38-30(20-41(32)59-5)46-37(53-38)12-14-50-48(46)27-10-11-35-28(16-27)17-43(54-35)58-39-13-15-51-49(29-8-7-9-36-34(29)22-52-55-36)47(39)31-21-42(60-6)33(19-40(31)58)45-24(2)57-62-26(45)4/h7-22,53-54H,1-6H3,(H,52,55). The molecular weight excluding hydrogens is 779 g/mol. The number of hydrogen-bond acceptors (Lipinski definition) is 9. The van der Waals surface area contributed by atoms with Crippen LogP contribution in [0.15, 0.2) is 106 Å². The summed E-state index contributed by atoms with van der Waals surface area (Å²) in [4.78, 5) is 17.4. The molecule has 0 aliphatic heterocycles. The summed E-state index contributed by atoms with van der Waals surface area (Å²) in [5, 5.41) is 22.0. The number of hydrogen-bond donors (Lipinski definition) is 3. The highest BCUT2D eigenvalue weighted by molar-refractivity contribution is 6.18. The molecule has 0 aliphatic rings. The molecule has 62 heavy (non-hydrogen) atoms. The lowest BCUT2D eigenvalue weighted by atomic mass is 9.98. The second-order valence-corrected chi connectivity index (χ2v) is 15.8. The molecule has 3 N–H and O–H groups in total. The van der Waals surface area contributed by atoms with Crippen LogP contribution >= 0.6 is 0 Å². The Morgan fingerprint density at radius 2 is 1.31 bits per heavy atom. The van der Waals surface area contributed by atoms with Gasteiger partial charge in [-0.15, -0.1) is 0 Å². The van der Waals surface area contributed by atoms with Gasteiger partial charge < -0.3 is 28.5 Å². The van der Waals surface area contributed by atoms with Gasteiger partial charge in [0.05, 0.1) is 76.4 Å². The Balaban J connectivity index is 1.07. The normalized spacial score (nSPS) is 12.0. The number of benzene rings is 4. The van der Waals surface area contributed by atoms with Crippen LogP contribution in [0.3, 0.4) is 0 Å². The number of aromatic amines is 3. The Morgan fingerprint density at radius 1 is 0.581 bits per heavy atom. The maximum Gasteiger partial charge on any atom is 0.141 e. The van der Waals surface area contributed by atoms with E-state index < -0.39 is 0 Å². The fourth-order valence-corrected chi connectivity index (χ4v) is 9.57. The van der Waals surface area contributed by atoms with Crippen molar-refractivity contribution >= 4 is 65.4 Å². The van der Waals surface area contributed by atoms with Crippen LogP contribution in [0.5, 0.6) is 11.5 Å². The van der Waals surface area contributed by atoms with E-state index >= 15 is 0 Å². The molecule has 12 rings (SSSR count). The number of pyridine rings is 2. The quantitative estimate of drug-likeness (QED) is 0.142. The largest absolute Gasteiger partial charge is 0.496 e.